The van der Waals surface area contributed by atoms with Crippen molar-refractivity contribution in [1.29, 1.82) is 0 Å². The number of hydrogen-bond acceptors (Lipinski definition) is 4. The predicted octanol–water partition coefficient (Wildman–Crippen LogP) is 3.89. The van der Waals surface area contributed by atoms with E-state index in [-0.39, 0.29) is 41.9 Å². The summed E-state index contributed by atoms with van der Waals surface area (Å²) in [4.78, 5) is 6.40. The summed E-state index contributed by atoms with van der Waals surface area (Å²) >= 11 is 0. The van der Waals surface area contributed by atoms with Gasteiger partial charge in [-0.1, -0.05) is 24.3 Å². The van der Waals surface area contributed by atoms with Crippen molar-refractivity contribution in [2.75, 3.05) is 40.9 Å². The highest BCUT2D eigenvalue weighted by atomic mass is 127. The monoisotopic (exact) mass is 556 g/mol. The van der Waals surface area contributed by atoms with Crippen LogP contribution in [0.4, 0.5) is 4.39 Å². The molecule has 176 valence electrons. The molecule has 1 aliphatic heterocycles. The number of hydrogen-bond donors (Lipinski definition) is 2. The average Bonchev–Trinajstić information content (AvgIpc) is 3.24. The molecule has 2 atom stereocenters. The van der Waals surface area contributed by atoms with Crippen molar-refractivity contribution in [3.05, 3.63) is 65.0 Å². The molecule has 0 aromatic heterocycles. The molecule has 2 unspecified atom stereocenters. The smallest absolute Gasteiger partial charge is 0.191 e. The lowest BCUT2D eigenvalue weighted by Gasteiger charge is -2.26. The van der Waals surface area contributed by atoms with Crippen LogP contribution < -0.4 is 15.4 Å². The Balaban J connectivity index is 0.00000363. The number of halogens is 2. The molecule has 0 radical (unpaired) electrons. The van der Waals surface area contributed by atoms with E-state index in [0.29, 0.717) is 25.7 Å². The minimum absolute atomic E-state index is 0. The molecule has 2 aromatic carbocycles. The molecule has 0 bridgehead atoms. The summed E-state index contributed by atoms with van der Waals surface area (Å²) in [6, 6.07) is 12.9. The highest BCUT2D eigenvalue weighted by Gasteiger charge is 2.19. The van der Waals surface area contributed by atoms with Gasteiger partial charge in [-0.2, -0.15) is 0 Å². The standard InChI is InChI=1S/C24H33FN4O2.HI/c1-17-8-9-19(23(12-17)31-21-10-11-30-16-21)14-27-24(26-2)28-15-22(29(3)4)18-6-5-7-20(25)13-18;/h5-9,12-13,21-22H,10-11,14-16H2,1-4H3,(H2,26,27,28);1H. The number of rotatable bonds is 8. The summed E-state index contributed by atoms with van der Waals surface area (Å²) in [5.74, 6) is 1.33. The van der Waals surface area contributed by atoms with Crippen molar-refractivity contribution >= 4 is 29.9 Å². The Labute approximate surface area is 207 Å². The third-order valence-corrected chi connectivity index (χ3v) is 5.39. The predicted molar refractivity (Wildman–Crippen MR) is 137 cm³/mol. The SMILES string of the molecule is CN=C(NCc1ccc(C)cc1OC1CCOC1)NCC(c1cccc(F)c1)N(C)C.I. The molecule has 1 saturated heterocycles. The van der Waals surface area contributed by atoms with E-state index in [1.54, 1.807) is 19.2 Å². The fourth-order valence-corrected chi connectivity index (χ4v) is 3.61. The zero-order valence-electron chi connectivity index (χ0n) is 19.2. The van der Waals surface area contributed by atoms with Crippen LogP contribution in [0.3, 0.4) is 0 Å². The van der Waals surface area contributed by atoms with Crippen LogP contribution >= 0.6 is 24.0 Å². The van der Waals surface area contributed by atoms with Crippen LogP contribution in [0.15, 0.2) is 47.5 Å². The van der Waals surface area contributed by atoms with Crippen LogP contribution in [0.25, 0.3) is 0 Å². The normalized spacial score (nSPS) is 17.1. The Hall–Kier alpha value is -1.91. The third-order valence-electron chi connectivity index (χ3n) is 5.39. The van der Waals surface area contributed by atoms with Gasteiger partial charge in [-0.3, -0.25) is 4.99 Å². The largest absolute Gasteiger partial charge is 0.488 e. The summed E-state index contributed by atoms with van der Waals surface area (Å²) in [5.41, 5.74) is 3.14. The van der Waals surface area contributed by atoms with Crippen LogP contribution in [0.1, 0.15) is 29.2 Å². The second kappa shape index (κ2) is 13.0. The topological polar surface area (TPSA) is 58.1 Å². The van der Waals surface area contributed by atoms with Gasteiger partial charge in [0, 0.05) is 32.1 Å². The van der Waals surface area contributed by atoms with Crippen LogP contribution in [-0.4, -0.2) is 57.9 Å². The number of nitrogens with one attached hydrogen (secondary N) is 2. The van der Waals surface area contributed by atoms with Gasteiger partial charge in [0.05, 0.1) is 19.3 Å². The number of nitrogens with zero attached hydrogens (tertiary/aromatic N) is 2. The Bertz CT molecular complexity index is 888. The number of ether oxygens (including phenoxy) is 2. The molecular weight excluding hydrogens is 522 g/mol. The number of benzene rings is 2. The average molecular weight is 556 g/mol. The second-order valence-electron chi connectivity index (χ2n) is 8.06. The molecule has 6 nitrogen and oxygen atoms in total. The summed E-state index contributed by atoms with van der Waals surface area (Å²) in [6.07, 6.45) is 1.01. The molecule has 2 N–H and O–H groups in total. The van der Waals surface area contributed by atoms with Gasteiger partial charge >= 0.3 is 0 Å². The number of aryl methyl sites for hydroxylation is 1. The minimum Gasteiger partial charge on any atom is -0.488 e. The Morgan fingerprint density at radius 1 is 1.25 bits per heavy atom. The molecule has 0 saturated carbocycles. The van der Waals surface area contributed by atoms with Gasteiger partial charge in [-0.05, 0) is 50.3 Å². The number of aliphatic imine (C=N–C) groups is 1. The molecule has 3 rings (SSSR count). The first-order chi connectivity index (χ1) is 15.0. The lowest BCUT2D eigenvalue weighted by Crippen LogP contribution is -2.41. The van der Waals surface area contributed by atoms with Gasteiger partial charge in [0.15, 0.2) is 5.96 Å². The van der Waals surface area contributed by atoms with Crippen molar-refractivity contribution in [3.8, 4) is 5.75 Å². The van der Waals surface area contributed by atoms with E-state index < -0.39 is 0 Å². The summed E-state index contributed by atoms with van der Waals surface area (Å²) in [5, 5.41) is 6.72. The highest BCUT2D eigenvalue weighted by molar-refractivity contribution is 14.0. The first-order valence-corrected chi connectivity index (χ1v) is 10.7. The van der Waals surface area contributed by atoms with Crippen molar-refractivity contribution in [2.24, 2.45) is 4.99 Å². The van der Waals surface area contributed by atoms with Gasteiger partial charge in [-0.25, -0.2) is 4.39 Å². The number of guanidine groups is 1. The van der Waals surface area contributed by atoms with Crippen molar-refractivity contribution in [3.63, 3.8) is 0 Å². The zero-order chi connectivity index (χ0) is 22.2. The van der Waals surface area contributed by atoms with Crippen molar-refractivity contribution < 1.29 is 13.9 Å². The van der Waals surface area contributed by atoms with Gasteiger partial charge < -0.3 is 25.0 Å². The maximum absolute atomic E-state index is 13.7. The van der Waals surface area contributed by atoms with E-state index in [2.05, 4.69) is 45.6 Å². The molecule has 32 heavy (non-hydrogen) atoms. The third kappa shape index (κ3) is 7.60. The molecule has 1 fully saturated rings. The molecule has 1 heterocycles. The summed E-state index contributed by atoms with van der Waals surface area (Å²) < 4.78 is 25.3. The first kappa shape index (κ1) is 26.3. The van der Waals surface area contributed by atoms with Gasteiger partial charge in [0.2, 0.25) is 0 Å². The molecule has 1 aliphatic rings. The highest BCUT2D eigenvalue weighted by Crippen LogP contribution is 2.24. The summed E-state index contributed by atoms with van der Waals surface area (Å²) in [7, 11) is 5.71. The second-order valence-corrected chi connectivity index (χ2v) is 8.06. The van der Waals surface area contributed by atoms with Crippen LogP contribution in [0.5, 0.6) is 5.75 Å². The fourth-order valence-electron chi connectivity index (χ4n) is 3.61. The van der Waals surface area contributed by atoms with Gasteiger partial charge in [0.1, 0.15) is 17.7 Å². The fraction of sp³-hybridized carbons (Fsp3) is 0.458. The van der Waals surface area contributed by atoms with E-state index in [9.17, 15) is 4.39 Å². The molecule has 8 heteroatoms. The van der Waals surface area contributed by atoms with Crippen molar-refractivity contribution in [1.82, 2.24) is 15.5 Å². The minimum atomic E-state index is -0.230. The Kier molecular flexibility index (Phi) is 10.7. The first-order valence-electron chi connectivity index (χ1n) is 10.7. The maximum atomic E-state index is 13.7. The van der Waals surface area contributed by atoms with Crippen molar-refractivity contribution in [2.45, 2.75) is 32.0 Å². The quantitative estimate of drug-likeness (QED) is 0.294. The molecule has 0 aliphatic carbocycles. The molecule has 0 amide bonds. The lowest BCUT2D eigenvalue weighted by atomic mass is 10.1. The van der Waals surface area contributed by atoms with E-state index in [1.807, 2.05) is 20.2 Å². The number of likely N-dealkylation sites (N-methyl/N-ethyl adjacent to an activating group) is 1. The lowest BCUT2D eigenvalue weighted by molar-refractivity contribution is 0.140. The summed E-state index contributed by atoms with van der Waals surface area (Å²) in [6.45, 7) is 4.61. The van der Waals surface area contributed by atoms with Gasteiger partial charge in [0.25, 0.3) is 0 Å². The van der Waals surface area contributed by atoms with Crippen LogP contribution in [-0.2, 0) is 11.3 Å². The molecule has 2 aromatic rings. The van der Waals surface area contributed by atoms with E-state index in [1.165, 1.54) is 6.07 Å². The van der Waals surface area contributed by atoms with Crippen LogP contribution in [0.2, 0.25) is 0 Å². The van der Waals surface area contributed by atoms with Crippen LogP contribution in [0, 0.1) is 12.7 Å². The van der Waals surface area contributed by atoms with E-state index in [0.717, 1.165) is 35.5 Å². The van der Waals surface area contributed by atoms with E-state index in [4.69, 9.17) is 9.47 Å². The van der Waals surface area contributed by atoms with E-state index >= 15 is 0 Å². The zero-order valence-corrected chi connectivity index (χ0v) is 21.6. The maximum Gasteiger partial charge on any atom is 0.191 e. The van der Waals surface area contributed by atoms with Gasteiger partial charge in [-0.15, -0.1) is 24.0 Å². The Morgan fingerprint density at radius 2 is 2.06 bits per heavy atom. The molecule has 0 spiro atoms. The Morgan fingerprint density at radius 3 is 2.72 bits per heavy atom. The molecular formula is C24H34FIN4O2.